The molecule has 1 nitrogen and oxygen atoms in total. The van der Waals surface area contributed by atoms with Gasteiger partial charge in [-0.3, -0.25) is 0 Å². The fourth-order valence-corrected chi connectivity index (χ4v) is 1.49. The van der Waals surface area contributed by atoms with Crippen molar-refractivity contribution in [3.8, 4) is 0 Å². The van der Waals surface area contributed by atoms with E-state index in [0.717, 1.165) is 5.00 Å². The van der Waals surface area contributed by atoms with Gasteiger partial charge in [0, 0.05) is 0 Å². The third-order valence-corrected chi connectivity index (χ3v) is 2.09. The van der Waals surface area contributed by atoms with E-state index in [1.165, 1.54) is 5.56 Å². The summed E-state index contributed by atoms with van der Waals surface area (Å²) in [5, 5.41) is 3.03. The van der Waals surface area contributed by atoms with Crippen molar-refractivity contribution in [3.05, 3.63) is 17.0 Å². The zero-order valence-electron chi connectivity index (χ0n) is 5.72. The molecular weight excluding hydrogens is 130 g/mol. The zero-order chi connectivity index (χ0) is 6.85. The molecule has 0 radical (unpaired) electrons. The molecule has 1 heterocycles. The molecule has 1 aromatic heterocycles. The van der Waals surface area contributed by atoms with Gasteiger partial charge in [-0.2, -0.15) is 0 Å². The second-order valence-corrected chi connectivity index (χ2v) is 3.38. The summed E-state index contributed by atoms with van der Waals surface area (Å²) in [6.07, 6.45) is 0. The Morgan fingerprint density at radius 3 is 2.44 bits per heavy atom. The van der Waals surface area contributed by atoms with E-state index in [9.17, 15) is 0 Å². The summed E-state index contributed by atoms with van der Waals surface area (Å²) in [6.45, 7) is 4.34. The van der Waals surface area contributed by atoms with Crippen LogP contribution in [0.3, 0.4) is 0 Å². The average Bonchev–Trinajstić information content (AvgIpc) is 2.14. The molecule has 0 amide bonds. The number of thiophene rings is 1. The number of hydrogen-bond acceptors (Lipinski definition) is 2. The lowest BCUT2D eigenvalue weighted by Crippen LogP contribution is -1.81. The van der Waals surface area contributed by atoms with E-state index in [4.69, 9.17) is 5.73 Å². The van der Waals surface area contributed by atoms with Crippen molar-refractivity contribution in [1.82, 2.24) is 0 Å². The maximum atomic E-state index is 5.53. The van der Waals surface area contributed by atoms with Gasteiger partial charge in [-0.15, -0.1) is 11.3 Å². The lowest BCUT2D eigenvalue weighted by atomic mass is 10.1. The molecule has 50 valence electrons. The van der Waals surface area contributed by atoms with Gasteiger partial charge in [-0.1, -0.05) is 13.8 Å². The van der Waals surface area contributed by atoms with E-state index in [-0.39, 0.29) is 0 Å². The SMILES string of the molecule is CC(C)c1csc(N)c1. The monoisotopic (exact) mass is 141 g/mol. The summed E-state index contributed by atoms with van der Waals surface area (Å²) in [5.41, 5.74) is 6.88. The summed E-state index contributed by atoms with van der Waals surface area (Å²) in [5.74, 6) is 0.610. The molecule has 0 saturated carbocycles. The van der Waals surface area contributed by atoms with Crippen LogP contribution >= 0.6 is 11.3 Å². The number of rotatable bonds is 1. The first-order valence-electron chi connectivity index (χ1n) is 3.04. The maximum absolute atomic E-state index is 5.53. The van der Waals surface area contributed by atoms with Crippen LogP contribution in [0.2, 0.25) is 0 Å². The van der Waals surface area contributed by atoms with Crippen LogP contribution in [-0.4, -0.2) is 0 Å². The average molecular weight is 141 g/mol. The highest BCUT2D eigenvalue weighted by molar-refractivity contribution is 7.14. The van der Waals surface area contributed by atoms with Crippen molar-refractivity contribution < 1.29 is 0 Å². The van der Waals surface area contributed by atoms with Gasteiger partial charge in [-0.25, -0.2) is 0 Å². The molecular formula is C7H11NS. The zero-order valence-corrected chi connectivity index (χ0v) is 6.53. The van der Waals surface area contributed by atoms with Gasteiger partial charge in [0.1, 0.15) is 0 Å². The van der Waals surface area contributed by atoms with Crippen molar-refractivity contribution in [1.29, 1.82) is 0 Å². The van der Waals surface area contributed by atoms with Crippen LogP contribution in [0.25, 0.3) is 0 Å². The minimum atomic E-state index is 0.610. The van der Waals surface area contributed by atoms with Crippen LogP contribution < -0.4 is 5.73 Å². The normalized spacial score (nSPS) is 10.6. The highest BCUT2D eigenvalue weighted by Gasteiger charge is 1.99. The molecule has 0 unspecified atom stereocenters. The van der Waals surface area contributed by atoms with Crippen LogP contribution in [0, 0.1) is 0 Å². The minimum Gasteiger partial charge on any atom is -0.391 e. The van der Waals surface area contributed by atoms with Crippen LogP contribution in [-0.2, 0) is 0 Å². The Kier molecular flexibility index (Phi) is 1.76. The van der Waals surface area contributed by atoms with E-state index in [0.29, 0.717) is 5.92 Å². The van der Waals surface area contributed by atoms with E-state index in [2.05, 4.69) is 19.2 Å². The van der Waals surface area contributed by atoms with E-state index in [1.807, 2.05) is 6.07 Å². The van der Waals surface area contributed by atoms with Crippen molar-refractivity contribution in [2.45, 2.75) is 19.8 Å². The highest BCUT2D eigenvalue weighted by atomic mass is 32.1. The minimum absolute atomic E-state index is 0.610. The smallest absolute Gasteiger partial charge is 0.0859 e. The topological polar surface area (TPSA) is 26.0 Å². The molecule has 9 heavy (non-hydrogen) atoms. The van der Waals surface area contributed by atoms with Crippen molar-refractivity contribution in [3.63, 3.8) is 0 Å². The predicted molar refractivity (Wildman–Crippen MR) is 42.8 cm³/mol. The summed E-state index contributed by atoms with van der Waals surface area (Å²) in [6, 6.07) is 2.04. The summed E-state index contributed by atoms with van der Waals surface area (Å²) >= 11 is 1.61. The van der Waals surface area contributed by atoms with Gasteiger partial charge in [-0.05, 0) is 22.9 Å². The number of anilines is 1. The lowest BCUT2D eigenvalue weighted by Gasteiger charge is -1.96. The van der Waals surface area contributed by atoms with Gasteiger partial charge < -0.3 is 5.73 Å². The van der Waals surface area contributed by atoms with Crippen molar-refractivity contribution in [2.75, 3.05) is 5.73 Å². The Labute approximate surface area is 59.5 Å². The van der Waals surface area contributed by atoms with Gasteiger partial charge >= 0.3 is 0 Å². The Morgan fingerprint density at radius 1 is 1.56 bits per heavy atom. The quantitative estimate of drug-likeness (QED) is 0.638. The number of nitrogens with two attached hydrogens (primary N) is 1. The van der Waals surface area contributed by atoms with E-state index < -0.39 is 0 Å². The molecule has 2 N–H and O–H groups in total. The molecule has 1 aromatic rings. The fraction of sp³-hybridized carbons (Fsp3) is 0.429. The number of nitrogen functional groups attached to an aromatic ring is 1. The summed E-state index contributed by atoms with van der Waals surface area (Å²) < 4.78 is 0. The molecule has 0 aliphatic rings. The Balaban J connectivity index is 2.85. The molecule has 2 heteroatoms. The van der Waals surface area contributed by atoms with Crippen molar-refractivity contribution >= 4 is 16.3 Å². The highest BCUT2D eigenvalue weighted by Crippen LogP contribution is 2.22. The van der Waals surface area contributed by atoms with Gasteiger partial charge in [0.05, 0.1) is 5.00 Å². The first kappa shape index (κ1) is 6.62. The Hall–Kier alpha value is -0.500. The first-order valence-corrected chi connectivity index (χ1v) is 3.92. The maximum Gasteiger partial charge on any atom is 0.0859 e. The molecule has 0 spiro atoms. The second-order valence-electron chi connectivity index (χ2n) is 2.44. The largest absolute Gasteiger partial charge is 0.391 e. The fourth-order valence-electron chi connectivity index (χ4n) is 0.671. The summed E-state index contributed by atoms with van der Waals surface area (Å²) in [7, 11) is 0. The van der Waals surface area contributed by atoms with Crippen LogP contribution in [0.4, 0.5) is 5.00 Å². The van der Waals surface area contributed by atoms with E-state index in [1.54, 1.807) is 11.3 Å². The molecule has 0 saturated heterocycles. The molecule has 0 fully saturated rings. The first-order chi connectivity index (χ1) is 4.20. The van der Waals surface area contributed by atoms with Gasteiger partial charge in [0.25, 0.3) is 0 Å². The lowest BCUT2D eigenvalue weighted by molar-refractivity contribution is 0.872. The Morgan fingerprint density at radius 2 is 2.22 bits per heavy atom. The number of hydrogen-bond donors (Lipinski definition) is 1. The van der Waals surface area contributed by atoms with Gasteiger partial charge in [0.15, 0.2) is 0 Å². The van der Waals surface area contributed by atoms with Crippen molar-refractivity contribution in [2.24, 2.45) is 0 Å². The third kappa shape index (κ3) is 1.45. The second kappa shape index (κ2) is 2.40. The van der Waals surface area contributed by atoms with E-state index >= 15 is 0 Å². The molecule has 1 rings (SSSR count). The molecule has 0 aliphatic heterocycles. The third-order valence-electron chi connectivity index (χ3n) is 1.31. The molecule has 0 bridgehead atoms. The standard InChI is InChI=1S/C7H11NS/c1-5(2)6-3-7(8)9-4-6/h3-5H,8H2,1-2H3. The summed E-state index contributed by atoms with van der Waals surface area (Å²) in [4.78, 5) is 0. The molecule has 0 aliphatic carbocycles. The predicted octanol–water partition coefficient (Wildman–Crippen LogP) is 2.45. The van der Waals surface area contributed by atoms with Crippen LogP contribution in [0.1, 0.15) is 25.3 Å². The molecule has 0 aromatic carbocycles. The van der Waals surface area contributed by atoms with Crippen LogP contribution in [0.15, 0.2) is 11.4 Å². The Bertz CT molecular complexity index is 191. The van der Waals surface area contributed by atoms with Crippen LogP contribution in [0.5, 0.6) is 0 Å². The van der Waals surface area contributed by atoms with Gasteiger partial charge in [0.2, 0.25) is 0 Å². The molecule has 0 atom stereocenters.